The van der Waals surface area contributed by atoms with Gasteiger partial charge in [0.05, 0.1) is 0 Å². The van der Waals surface area contributed by atoms with Crippen LogP contribution in [0.2, 0.25) is 0 Å². The molecule has 0 spiro atoms. The van der Waals surface area contributed by atoms with Gasteiger partial charge in [0.25, 0.3) is 0 Å². The van der Waals surface area contributed by atoms with Gasteiger partial charge in [-0.3, -0.25) is 0 Å². The number of hydrogen-bond acceptors (Lipinski definition) is 2. The normalized spacial score (nSPS) is 16.2. The number of carbonyl (C=O) groups excluding carboxylic acids is 1. The summed E-state index contributed by atoms with van der Waals surface area (Å²) in [6.45, 7) is 5.26. The molecule has 110 valence electrons. The second-order valence-corrected chi connectivity index (χ2v) is 5.68. The third-order valence-electron chi connectivity index (χ3n) is 3.97. The van der Waals surface area contributed by atoms with Gasteiger partial charge in [0.1, 0.15) is 0 Å². The lowest BCUT2D eigenvalue weighted by atomic mass is 10.00. The Hall–Kier alpha value is -1.55. The van der Waals surface area contributed by atoms with Crippen LogP contribution in [-0.4, -0.2) is 30.6 Å². The van der Waals surface area contributed by atoms with Gasteiger partial charge in [-0.15, -0.1) is 0 Å². The van der Waals surface area contributed by atoms with Crippen molar-refractivity contribution in [1.29, 1.82) is 0 Å². The van der Waals surface area contributed by atoms with Crippen molar-refractivity contribution in [2.24, 2.45) is 11.7 Å². The van der Waals surface area contributed by atoms with E-state index in [0.717, 1.165) is 43.8 Å². The Balaban J connectivity index is 1.78. The second-order valence-electron chi connectivity index (χ2n) is 5.68. The zero-order valence-electron chi connectivity index (χ0n) is 12.3. The van der Waals surface area contributed by atoms with Gasteiger partial charge in [-0.05, 0) is 42.9 Å². The molecule has 20 heavy (non-hydrogen) atoms. The minimum absolute atomic E-state index is 0.0583. The van der Waals surface area contributed by atoms with E-state index in [1.54, 1.807) is 0 Å². The lowest BCUT2D eigenvalue weighted by molar-refractivity contribution is 0.173. The van der Waals surface area contributed by atoms with Crippen LogP contribution in [0.15, 0.2) is 24.3 Å². The van der Waals surface area contributed by atoms with E-state index in [2.05, 4.69) is 36.5 Å². The van der Waals surface area contributed by atoms with E-state index in [1.807, 2.05) is 4.90 Å². The Bertz CT molecular complexity index is 422. The minimum Gasteiger partial charge on any atom is -0.334 e. The molecule has 1 aliphatic rings. The molecule has 1 aliphatic heterocycles. The van der Waals surface area contributed by atoms with Crippen molar-refractivity contribution in [3.63, 3.8) is 0 Å². The number of benzene rings is 1. The maximum atomic E-state index is 12.0. The van der Waals surface area contributed by atoms with Gasteiger partial charge in [0.2, 0.25) is 0 Å². The predicted octanol–water partition coefficient (Wildman–Crippen LogP) is 2.13. The number of likely N-dealkylation sites (tertiary alicyclic amines) is 1. The number of nitrogens with one attached hydrogen (secondary N) is 1. The minimum atomic E-state index is 0.0583. The number of urea groups is 1. The van der Waals surface area contributed by atoms with Crippen LogP contribution >= 0.6 is 0 Å². The lowest BCUT2D eigenvalue weighted by Crippen LogP contribution is -2.43. The van der Waals surface area contributed by atoms with Crippen molar-refractivity contribution < 1.29 is 4.79 Å². The fraction of sp³-hybridized carbons (Fsp3) is 0.562. The quantitative estimate of drug-likeness (QED) is 0.884. The third-order valence-corrected chi connectivity index (χ3v) is 3.97. The summed E-state index contributed by atoms with van der Waals surface area (Å²) in [4.78, 5) is 14.0. The van der Waals surface area contributed by atoms with Crippen LogP contribution in [0.1, 0.15) is 30.9 Å². The van der Waals surface area contributed by atoms with Gasteiger partial charge in [-0.25, -0.2) is 4.79 Å². The maximum absolute atomic E-state index is 12.0. The first-order valence-corrected chi connectivity index (χ1v) is 7.49. The summed E-state index contributed by atoms with van der Waals surface area (Å²) in [6, 6.07) is 8.34. The molecule has 1 aromatic rings. The number of rotatable bonds is 4. The van der Waals surface area contributed by atoms with Crippen LogP contribution in [0.3, 0.4) is 0 Å². The Labute approximate surface area is 121 Å². The average molecular weight is 275 g/mol. The van der Waals surface area contributed by atoms with E-state index in [4.69, 9.17) is 5.73 Å². The number of nitrogens with two attached hydrogens (primary N) is 1. The van der Waals surface area contributed by atoms with Crippen molar-refractivity contribution in [3.8, 4) is 0 Å². The fourth-order valence-electron chi connectivity index (χ4n) is 2.49. The lowest BCUT2D eigenvalue weighted by Gasteiger charge is -2.30. The van der Waals surface area contributed by atoms with Crippen molar-refractivity contribution in [2.45, 2.75) is 32.7 Å². The summed E-state index contributed by atoms with van der Waals surface area (Å²) in [6.07, 6.45) is 3.13. The van der Waals surface area contributed by atoms with Crippen LogP contribution in [0.5, 0.6) is 0 Å². The molecule has 0 unspecified atom stereocenters. The van der Waals surface area contributed by atoms with E-state index < -0.39 is 0 Å². The summed E-state index contributed by atoms with van der Waals surface area (Å²) < 4.78 is 0. The van der Waals surface area contributed by atoms with Gasteiger partial charge in [0.15, 0.2) is 0 Å². The van der Waals surface area contributed by atoms with E-state index in [9.17, 15) is 4.79 Å². The molecule has 1 fully saturated rings. The predicted molar refractivity (Wildman–Crippen MR) is 81.4 cm³/mol. The van der Waals surface area contributed by atoms with E-state index in [-0.39, 0.29) is 6.03 Å². The monoisotopic (exact) mass is 275 g/mol. The van der Waals surface area contributed by atoms with Gasteiger partial charge >= 0.3 is 6.03 Å². The molecule has 0 aliphatic carbocycles. The summed E-state index contributed by atoms with van der Waals surface area (Å²) in [5, 5.41) is 3.00. The highest BCUT2D eigenvalue weighted by atomic mass is 16.2. The van der Waals surface area contributed by atoms with Crippen LogP contribution in [0, 0.1) is 5.92 Å². The van der Waals surface area contributed by atoms with Crippen LogP contribution < -0.4 is 11.1 Å². The van der Waals surface area contributed by atoms with Crippen LogP contribution in [-0.2, 0) is 13.0 Å². The Morgan fingerprint density at radius 3 is 2.45 bits per heavy atom. The smallest absolute Gasteiger partial charge is 0.317 e. The number of nitrogens with zero attached hydrogens (tertiary/aromatic N) is 1. The van der Waals surface area contributed by atoms with E-state index in [1.165, 1.54) is 5.56 Å². The topological polar surface area (TPSA) is 58.4 Å². The molecular weight excluding hydrogens is 250 g/mol. The maximum Gasteiger partial charge on any atom is 0.317 e. The largest absolute Gasteiger partial charge is 0.334 e. The average Bonchev–Trinajstić information content (AvgIpc) is 2.47. The standard InChI is InChI=1S/C16H25N3O/c1-13-7-10-19(11-8-13)16(20)18-12-15-4-2-14(3-5-15)6-9-17/h2-5,13H,6-12,17H2,1H3,(H,18,20). The molecule has 0 radical (unpaired) electrons. The molecule has 3 N–H and O–H groups in total. The molecule has 0 aromatic heterocycles. The highest BCUT2D eigenvalue weighted by Crippen LogP contribution is 2.15. The zero-order chi connectivity index (χ0) is 14.4. The molecule has 0 atom stereocenters. The molecule has 0 bridgehead atoms. The highest BCUT2D eigenvalue weighted by molar-refractivity contribution is 5.74. The summed E-state index contributed by atoms with van der Waals surface area (Å²) >= 11 is 0. The molecule has 2 amide bonds. The fourth-order valence-corrected chi connectivity index (χ4v) is 2.49. The Kier molecular flexibility index (Phi) is 5.41. The highest BCUT2D eigenvalue weighted by Gasteiger charge is 2.19. The van der Waals surface area contributed by atoms with Crippen LogP contribution in [0.4, 0.5) is 4.79 Å². The van der Waals surface area contributed by atoms with Gasteiger partial charge in [-0.2, -0.15) is 0 Å². The zero-order valence-corrected chi connectivity index (χ0v) is 12.3. The first kappa shape index (κ1) is 14.9. The van der Waals surface area contributed by atoms with Crippen molar-refractivity contribution in [2.75, 3.05) is 19.6 Å². The Morgan fingerprint density at radius 2 is 1.85 bits per heavy atom. The molecule has 1 heterocycles. The van der Waals surface area contributed by atoms with Gasteiger partial charge < -0.3 is 16.0 Å². The molecule has 2 rings (SSSR count). The SMILES string of the molecule is CC1CCN(C(=O)NCc2ccc(CCN)cc2)CC1. The van der Waals surface area contributed by atoms with Gasteiger partial charge in [0, 0.05) is 19.6 Å². The third kappa shape index (κ3) is 4.23. The second kappa shape index (κ2) is 7.29. The van der Waals surface area contributed by atoms with Gasteiger partial charge in [-0.1, -0.05) is 31.2 Å². The van der Waals surface area contributed by atoms with E-state index in [0.29, 0.717) is 13.1 Å². The molecular formula is C16H25N3O. The molecule has 4 heteroatoms. The molecule has 0 saturated carbocycles. The number of amides is 2. The van der Waals surface area contributed by atoms with Crippen LogP contribution in [0.25, 0.3) is 0 Å². The van der Waals surface area contributed by atoms with E-state index >= 15 is 0 Å². The first-order valence-electron chi connectivity index (χ1n) is 7.49. The Morgan fingerprint density at radius 1 is 1.25 bits per heavy atom. The molecule has 1 aromatic carbocycles. The number of carbonyl (C=O) groups is 1. The van der Waals surface area contributed by atoms with Crippen molar-refractivity contribution >= 4 is 6.03 Å². The summed E-state index contributed by atoms with van der Waals surface area (Å²) in [5.74, 6) is 0.745. The number of piperidine rings is 1. The van der Waals surface area contributed by atoms with Crippen molar-refractivity contribution in [3.05, 3.63) is 35.4 Å². The first-order chi connectivity index (χ1) is 9.69. The molecule has 1 saturated heterocycles. The van der Waals surface area contributed by atoms with Crippen molar-refractivity contribution in [1.82, 2.24) is 10.2 Å². The summed E-state index contributed by atoms with van der Waals surface area (Å²) in [5.41, 5.74) is 7.90. The number of hydrogen-bond donors (Lipinski definition) is 2. The molecule has 4 nitrogen and oxygen atoms in total. The summed E-state index contributed by atoms with van der Waals surface area (Å²) in [7, 11) is 0.